The quantitative estimate of drug-likeness (QED) is 0.442. The normalized spacial score (nSPS) is 12.7. The van der Waals surface area contributed by atoms with Crippen LogP contribution < -0.4 is 0 Å². The van der Waals surface area contributed by atoms with E-state index in [4.69, 9.17) is 11.1 Å². The molecule has 2 radical (unpaired) electrons. The van der Waals surface area contributed by atoms with Gasteiger partial charge in [0, 0.05) is 0 Å². The van der Waals surface area contributed by atoms with Gasteiger partial charge in [-0.3, -0.25) is 0 Å². The SMILES string of the molecule is CC(C)C(C)(C)C[Si]Cl. The van der Waals surface area contributed by atoms with Crippen molar-refractivity contribution in [1.29, 1.82) is 0 Å². The summed E-state index contributed by atoms with van der Waals surface area (Å²) in [7, 11) is 0.574. The molecule has 0 aliphatic carbocycles. The third kappa shape index (κ3) is 3.26. The molecule has 0 aliphatic heterocycles. The Hall–Kier alpha value is 0.507. The number of rotatable bonds is 3. The van der Waals surface area contributed by atoms with Gasteiger partial charge in [-0.2, -0.15) is 11.1 Å². The van der Waals surface area contributed by atoms with Gasteiger partial charge in [0.25, 0.3) is 0 Å². The molecule has 0 saturated carbocycles. The predicted octanol–water partition coefficient (Wildman–Crippen LogP) is 2.94. The van der Waals surface area contributed by atoms with Gasteiger partial charge in [-0.1, -0.05) is 27.7 Å². The molecule has 2 heteroatoms. The van der Waals surface area contributed by atoms with Crippen LogP contribution >= 0.6 is 11.1 Å². The maximum absolute atomic E-state index is 5.66. The molecule has 0 aliphatic rings. The van der Waals surface area contributed by atoms with E-state index >= 15 is 0 Å². The highest BCUT2D eigenvalue weighted by Gasteiger charge is 2.21. The maximum Gasteiger partial charge on any atom is 0.172 e. The standard InChI is InChI=1S/C7H15ClSi/c1-6(2)7(3,4)5-9-8/h6H,5H2,1-4H3. The van der Waals surface area contributed by atoms with Gasteiger partial charge in [0.05, 0.1) is 0 Å². The molecule has 0 aromatic heterocycles. The minimum absolute atomic E-state index is 0.431. The summed E-state index contributed by atoms with van der Waals surface area (Å²) in [6.45, 7) is 9.04. The Morgan fingerprint density at radius 1 is 1.44 bits per heavy atom. The lowest BCUT2D eigenvalue weighted by Crippen LogP contribution is -2.19. The summed E-state index contributed by atoms with van der Waals surface area (Å²) < 4.78 is 0. The summed E-state index contributed by atoms with van der Waals surface area (Å²) >= 11 is 5.66. The molecule has 0 amide bonds. The van der Waals surface area contributed by atoms with Crippen molar-refractivity contribution in [1.82, 2.24) is 0 Å². The molecule has 0 nitrogen and oxygen atoms in total. The summed E-state index contributed by atoms with van der Waals surface area (Å²) in [5, 5.41) is 0. The van der Waals surface area contributed by atoms with Crippen LogP contribution in [0.15, 0.2) is 0 Å². The lowest BCUT2D eigenvalue weighted by molar-refractivity contribution is 0.284. The van der Waals surface area contributed by atoms with Crippen LogP contribution in [0.3, 0.4) is 0 Å². The topological polar surface area (TPSA) is 0 Å². The fraction of sp³-hybridized carbons (Fsp3) is 1.00. The number of halogens is 1. The van der Waals surface area contributed by atoms with Crippen LogP contribution in [0.2, 0.25) is 6.04 Å². The summed E-state index contributed by atoms with van der Waals surface area (Å²) in [5.74, 6) is 0.740. The van der Waals surface area contributed by atoms with Gasteiger partial charge in [0.2, 0.25) is 0 Å². The van der Waals surface area contributed by atoms with Crippen LogP contribution in [0.4, 0.5) is 0 Å². The monoisotopic (exact) mass is 162 g/mol. The lowest BCUT2D eigenvalue weighted by Gasteiger charge is -2.27. The van der Waals surface area contributed by atoms with E-state index in [1.165, 1.54) is 0 Å². The Kier molecular flexibility index (Phi) is 3.82. The van der Waals surface area contributed by atoms with Gasteiger partial charge in [-0.15, -0.1) is 0 Å². The summed E-state index contributed by atoms with van der Waals surface area (Å²) in [5.41, 5.74) is 0.431. The first-order valence-electron chi connectivity index (χ1n) is 3.34. The van der Waals surface area contributed by atoms with Crippen molar-refractivity contribution in [3.8, 4) is 0 Å². The molecule has 0 saturated heterocycles. The molecule has 0 bridgehead atoms. The van der Waals surface area contributed by atoms with Crippen molar-refractivity contribution < 1.29 is 0 Å². The number of hydrogen-bond donors (Lipinski definition) is 0. The molecule has 0 atom stereocenters. The second-order valence-electron chi connectivity index (χ2n) is 3.45. The second kappa shape index (κ2) is 3.62. The third-order valence-corrected chi connectivity index (χ3v) is 3.53. The van der Waals surface area contributed by atoms with E-state index in [-0.39, 0.29) is 0 Å². The zero-order valence-corrected chi connectivity index (χ0v) is 8.42. The molecule has 9 heavy (non-hydrogen) atoms. The predicted molar refractivity (Wildman–Crippen MR) is 45.0 cm³/mol. The molecule has 0 spiro atoms. The molecule has 0 heterocycles. The Morgan fingerprint density at radius 2 is 1.89 bits per heavy atom. The summed E-state index contributed by atoms with van der Waals surface area (Å²) in [6.07, 6.45) is 0. The van der Waals surface area contributed by atoms with Crippen molar-refractivity contribution in [2.45, 2.75) is 33.7 Å². The zero-order chi connectivity index (χ0) is 7.49. The largest absolute Gasteiger partial charge is 0.172 e. The molecule has 0 aromatic carbocycles. The third-order valence-electron chi connectivity index (χ3n) is 2.09. The van der Waals surface area contributed by atoms with Gasteiger partial charge >= 0.3 is 0 Å². The first-order chi connectivity index (χ1) is 4.00. The van der Waals surface area contributed by atoms with Gasteiger partial charge < -0.3 is 0 Å². The van der Waals surface area contributed by atoms with Crippen LogP contribution in [0.5, 0.6) is 0 Å². The van der Waals surface area contributed by atoms with Crippen LogP contribution in [-0.4, -0.2) is 8.83 Å². The highest BCUT2D eigenvalue weighted by atomic mass is 35.6. The lowest BCUT2D eigenvalue weighted by atomic mass is 9.83. The fourth-order valence-electron chi connectivity index (χ4n) is 0.376. The van der Waals surface area contributed by atoms with E-state index in [0.717, 1.165) is 12.0 Å². The van der Waals surface area contributed by atoms with E-state index in [1.807, 2.05) is 0 Å². The average Bonchev–Trinajstić information content (AvgIpc) is 1.65. The molecule has 54 valence electrons. The first-order valence-corrected chi connectivity index (χ1v) is 5.56. The van der Waals surface area contributed by atoms with Crippen LogP contribution in [0.25, 0.3) is 0 Å². The van der Waals surface area contributed by atoms with Crippen LogP contribution in [0.1, 0.15) is 27.7 Å². The fourth-order valence-corrected chi connectivity index (χ4v) is 2.16. The highest BCUT2D eigenvalue weighted by Crippen LogP contribution is 2.30. The van der Waals surface area contributed by atoms with E-state index in [0.29, 0.717) is 14.2 Å². The molecule has 0 aromatic rings. The van der Waals surface area contributed by atoms with E-state index in [1.54, 1.807) is 0 Å². The smallest absolute Gasteiger partial charge is 0.171 e. The Morgan fingerprint density at radius 3 is 2.00 bits per heavy atom. The average molecular weight is 163 g/mol. The minimum Gasteiger partial charge on any atom is -0.171 e. The molecule has 0 N–H and O–H groups in total. The Balaban J connectivity index is 3.70. The van der Waals surface area contributed by atoms with Crippen molar-refractivity contribution in [3.05, 3.63) is 0 Å². The second-order valence-corrected chi connectivity index (χ2v) is 4.88. The summed E-state index contributed by atoms with van der Waals surface area (Å²) in [6, 6.07) is 1.15. The molecule has 0 unspecified atom stereocenters. The van der Waals surface area contributed by atoms with Crippen LogP contribution in [-0.2, 0) is 0 Å². The van der Waals surface area contributed by atoms with Gasteiger partial charge in [-0.25, -0.2) is 0 Å². The van der Waals surface area contributed by atoms with Gasteiger partial charge in [0.1, 0.15) is 0 Å². The Bertz CT molecular complexity index is 79.0. The van der Waals surface area contributed by atoms with Gasteiger partial charge in [0.15, 0.2) is 8.83 Å². The van der Waals surface area contributed by atoms with E-state index in [9.17, 15) is 0 Å². The maximum atomic E-state index is 5.66. The molecular weight excluding hydrogens is 148 g/mol. The van der Waals surface area contributed by atoms with Gasteiger partial charge in [-0.05, 0) is 17.4 Å². The molecule has 0 fully saturated rings. The van der Waals surface area contributed by atoms with E-state index in [2.05, 4.69) is 27.7 Å². The minimum atomic E-state index is 0.431. The first kappa shape index (κ1) is 9.51. The zero-order valence-electron chi connectivity index (χ0n) is 6.66. The molecular formula is C7H15ClSi. The van der Waals surface area contributed by atoms with Crippen molar-refractivity contribution in [3.63, 3.8) is 0 Å². The molecule has 0 rings (SSSR count). The van der Waals surface area contributed by atoms with Crippen molar-refractivity contribution >= 4 is 19.9 Å². The highest BCUT2D eigenvalue weighted by molar-refractivity contribution is 6.93. The number of hydrogen-bond acceptors (Lipinski definition) is 0. The van der Waals surface area contributed by atoms with Crippen molar-refractivity contribution in [2.24, 2.45) is 11.3 Å². The summed E-state index contributed by atoms with van der Waals surface area (Å²) in [4.78, 5) is 0. The Labute approximate surface area is 65.5 Å². The van der Waals surface area contributed by atoms with Crippen molar-refractivity contribution in [2.75, 3.05) is 0 Å². The van der Waals surface area contributed by atoms with E-state index < -0.39 is 0 Å². The van der Waals surface area contributed by atoms with Crippen LogP contribution in [0, 0.1) is 11.3 Å².